The number of halogens is 1. The van der Waals surface area contributed by atoms with E-state index < -0.39 is 23.1 Å². The lowest BCUT2D eigenvalue weighted by Crippen LogP contribution is -2.55. The van der Waals surface area contributed by atoms with Crippen LogP contribution in [-0.2, 0) is 11.3 Å². The molecule has 2 heterocycles. The molecule has 0 amide bonds. The molecule has 1 N–H and O–H groups in total. The van der Waals surface area contributed by atoms with Gasteiger partial charge < -0.3 is 24.1 Å². The van der Waals surface area contributed by atoms with Crippen LogP contribution in [0.5, 0.6) is 17.2 Å². The number of carbonyl (C=O) groups excluding carboxylic acids is 2. The number of ether oxygens (including phenoxy) is 3. The molecule has 0 saturated heterocycles. The Balaban J connectivity index is 1.66. The lowest BCUT2D eigenvalue weighted by atomic mass is 9.74. The second-order valence-electron chi connectivity index (χ2n) is 7.19. The van der Waals surface area contributed by atoms with Crippen molar-refractivity contribution in [2.24, 2.45) is 5.92 Å². The van der Waals surface area contributed by atoms with Gasteiger partial charge in [0.15, 0.2) is 11.6 Å². The summed E-state index contributed by atoms with van der Waals surface area (Å²) in [5, 5.41) is 6.96. The predicted molar refractivity (Wildman–Crippen MR) is 105 cm³/mol. The molecule has 10 heteroatoms. The summed E-state index contributed by atoms with van der Waals surface area (Å²) in [4.78, 5) is 30.7. The zero-order chi connectivity index (χ0) is 21.6. The fourth-order valence-corrected chi connectivity index (χ4v) is 4.12. The van der Waals surface area contributed by atoms with E-state index in [2.05, 4.69) is 15.5 Å². The fourth-order valence-electron chi connectivity index (χ4n) is 3.85. The first-order chi connectivity index (χ1) is 14.3. The molecular formula is C20H20ClN3O6. The molecule has 0 radical (unpaired) electrons. The van der Waals surface area contributed by atoms with Crippen LogP contribution >= 0.6 is 11.6 Å². The van der Waals surface area contributed by atoms with Gasteiger partial charge in [-0.3, -0.25) is 9.59 Å². The smallest absolute Gasteiger partial charge is 0.245 e. The number of nitrogens with one attached hydrogen (secondary N) is 1. The SMILES string of the molecule is COc1cc(OC)c2c(c1Cl)O[C@@]1(C(=O)C=C(NCc3nc(C)no3)C[C@H]1C)C2=O. The molecule has 2 aliphatic rings. The molecule has 2 aromatic rings. The molecule has 1 aliphatic heterocycles. The highest BCUT2D eigenvalue weighted by Crippen LogP contribution is 2.52. The van der Waals surface area contributed by atoms with Gasteiger partial charge in [-0.05, 0) is 13.3 Å². The average molecular weight is 434 g/mol. The van der Waals surface area contributed by atoms with E-state index in [-0.39, 0.29) is 28.6 Å². The maximum atomic E-state index is 13.4. The molecule has 2 atom stereocenters. The normalized spacial score (nSPS) is 22.6. The van der Waals surface area contributed by atoms with Crippen LogP contribution in [-0.4, -0.2) is 41.5 Å². The minimum absolute atomic E-state index is 0.101. The fraction of sp³-hybridized carbons (Fsp3) is 0.400. The lowest BCUT2D eigenvalue weighted by molar-refractivity contribution is -0.129. The van der Waals surface area contributed by atoms with Crippen molar-refractivity contribution in [1.29, 1.82) is 0 Å². The van der Waals surface area contributed by atoms with Gasteiger partial charge in [0.05, 0.1) is 20.8 Å². The van der Waals surface area contributed by atoms with Crippen molar-refractivity contribution >= 4 is 23.2 Å². The molecule has 158 valence electrons. The van der Waals surface area contributed by atoms with E-state index in [0.717, 1.165) is 0 Å². The first-order valence-corrected chi connectivity index (χ1v) is 9.66. The van der Waals surface area contributed by atoms with Crippen LogP contribution in [0.25, 0.3) is 0 Å². The zero-order valence-electron chi connectivity index (χ0n) is 16.9. The number of benzene rings is 1. The summed E-state index contributed by atoms with van der Waals surface area (Å²) in [6.45, 7) is 3.77. The Labute approximate surface area is 177 Å². The van der Waals surface area contributed by atoms with E-state index in [1.165, 1.54) is 26.4 Å². The van der Waals surface area contributed by atoms with Crippen LogP contribution in [0.3, 0.4) is 0 Å². The highest BCUT2D eigenvalue weighted by atomic mass is 35.5. The van der Waals surface area contributed by atoms with E-state index in [1.54, 1.807) is 13.8 Å². The number of methoxy groups -OCH3 is 2. The number of hydrogen-bond donors (Lipinski definition) is 1. The van der Waals surface area contributed by atoms with Crippen molar-refractivity contribution in [2.75, 3.05) is 14.2 Å². The van der Waals surface area contributed by atoms with Gasteiger partial charge in [-0.1, -0.05) is 23.7 Å². The van der Waals surface area contributed by atoms with Crippen LogP contribution < -0.4 is 19.5 Å². The van der Waals surface area contributed by atoms with E-state index in [0.29, 0.717) is 29.6 Å². The van der Waals surface area contributed by atoms with Crippen LogP contribution in [0.15, 0.2) is 22.4 Å². The van der Waals surface area contributed by atoms with Gasteiger partial charge in [-0.2, -0.15) is 4.98 Å². The first kappa shape index (κ1) is 20.2. The number of nitrogens with zero attached hydrogens (tertiary/aromatic N) is 2. The standard InChI is InChI=1S/C20H20ClN3O6/c1-9-5-11(22-8-15-23-10(2)24-30-15)6-14(25)20(9)19(26)16-12(27-3)7-13(28-4)17(21)18(16)29-20/h6-7,9,22H,5,8H2,1-4H3/t9-,20+/m1/s1. The van der Waals surface area contributed by atoms with Crippen LogP contribution in [0, 0.1) is 12.8 Å². The van der Waals surface area contributed by atoms with Crippen LogP contribution in [0.2, 0.25) is 5.02 Å². The predicted octanol–water partition coefficient (Wildman–Crippen LogP) is 2.65. The molecule has 1 aliphatic carbocycles. The second-order valence-corrected chi connectivity index (χ2v) is 7.57. The maximum Gasteiger partial charge on any atom is 0.245 e. The topological polar surface area (TPSA) is 113 Å². The summed E-state index contributed by atoms with van der Waals surface area (Å²) >= 11 is 6.37. The highest BCUT2D eigenvalue weighted by molar-refractivity contribution is 6.36. The monoisotopic (exact) mass is 433 g/mol. The van der Waals surface area contributed by atoms with Gasteiger partial charge in [0.2, 0.25) is 23.1 Å². The second kappa shape index (κ2) is 7.32. The number of hydrogen-bond acceptors (Lipinski definition) is 9. The number of rotatable bonds is 5. The molecule has 0 unspecified atom stereocenters. The Morgan fingerprint density at radius 1 is 1.30 bits per heavy atom. The molecule has 1 aromatic carbocycles. The minimum atomic E-state index is -1.70. The lowest BCUT2D eigenvalue weighted by Gasteiger charge is -2.35. The third kappa shape index (κ3) is 2.92. The van der Waals surface area contributed by atoms with Gasteiger partial charge in [0.25, 0.3) is 0 Å². The van der Waals surface area contributed by atoms with Gasteiger partial charge in [0.1, 0.15) is 22.1 Å². The Morgan fingerprint density at radius 3 is 2.63 bits per heavy atom. The minimum Gasteiger partial charge on any atom is -0.496 e. The highest BCUT2D eigenvalue weighted by Gasteiger charge is 2.60. The van der Waals surface area contributed by atoms with E-state index in [9.17, 15) is 9.59 Å². The molecular weight excluding hydrogens is 414 g/mol. The zero-order valence-corrected chi connectivity index (χ0v) is 17.6. The van der Waals surface area contributed by atoms with Crippen molar-refractivity contribution < 1.29 is 28.3 Å². The molecule has 0 saturated carbocycles. The summed E-state index contributed by atoms with van der Waals surface area (Å²) < 4.78 is 21.6. The molecule has 1 aromatic heterocycles. The summed E-state index contributed by atoms with van der Waals surface area (Å²) in [7, 11) is 2.87. The first-order valence-electron chi connectivity index (χ1n) is 9.28. The molecule has 30 heavy (non-hydrogen) atoms. The largest absolute Gasteiger partial charge is 0.496 e. The number of aryl methyl sites for hydroxylation is 1. The quantitative estimate of drug-likeness (QED) is 0.710. The number of Topliss-reactive ketones (excluding diaryl/α,β-unsaturated/α-hetero) is 1. The molecule has 0 bridgehead atoms. The Bertz CT molecular complexity index is 1080. The molecule has 1 spiro atoms. The summed E-state index contributed by atoms with van der Waals surface area (Å²) in [6.07, 6.45) is 1.78. The van der Waals surface area contributed by atoms with E-state index >= 15 is 0 Å². The van der Waals surface area contributed by atoms with Gasteiger partial charge in [-0.25, -0.2) is 0 Å². The summed E-state index contributed by atoms with van der Waals surface area (Å²) in [6, 6.07) is 1.51. The molecule has 4 rings (SSSR count). The summed E-state index contributed by atoms with van der Waals surface area (Å²) in [5.74, 6) is 0.157. The van der Waals surface area contributed by atoms with Crippen molar-refractivity contribution in [3.8, 4) is 17.2 Å². The van der Waals surface area contributed by atoms with Crippen LogP contribution in [0.1, 0.15) is 35.4 Å². The Morgan fingerprint density at radius 2 is 2.03 bits per heavy atom. The van der Waals surface area contributed by atoms with E-state index in [1.807, 2.05) is 0 Å². The third-order valence-electron chi connectivity index (χ3n) is 5.35. The van der Waals surface area contributed by atoms with Gasteiger partial charge in [-0.15, -0.1) is 0 Å². The van der Waals surface area contributed by atoms with Gasteiger partial charge >= 0.3 is 0 Å². The van der Waals surface area contributed by atoms with Crippen molar-refractivity contribution in [3.63, 3.8) is 0 Å². The molecule has 9 nitrogen and oxygen atoms in total. The number of carbonyl (C=O) groups is 2. The van der Waals surface area contributed by atoms with Gasteiger partial charge in [0, 0.05) is 23.8 Å². The molecule has 0 fully saturated rings. The van der Waals surface area contributed by atoms with Crippen molar-refractivity contribution in [2.45, 2.75) is 32.4 Å². The number of allylic oxidation sites excluding steroid dienone is 1. The van der Waals surface area contributed by atoms with Crippen molar-refractivity contribution in [1.82, 2.24) is 15.5 Å². The van der Waals surface area contributed by atoms with Crippen molar-refractivity contribution in [3.05, 3.63) is 40.1 Å². The number of aromatic nitrogens is 2. The maximum absolute atomic E-state index is 13.4. The number of fused-ring (bicyclic) bond motifs is 1. The van der Waals surface area contributed by atoms with E-state index in [4.69, 9.17) is 30.3 Å². The summed E-state index contributed by atoms with van der Waals surface area (Å²) in [5.41, 5.74) is -0.899. The number of ketones is 2. The third-order valence-corrected chi connectivity index (χ3v) is 5.70. The Kier molecular flexibility index (Phi) is 4.93. The average Bonchev–Trinajstić information content (AvgIpc) is 3.27. The Hall–Kier alpha value is -3.07. The van der Waals surface area contributed by atoms with Crippen LogP contribution in [0.4, 0.5) is 0 Å².